The molecular formula is C17H19FIN. The Morgan fingerprint density at radius 1 is 1.05 bits per heavy atom. The molecule has 3 heteroatoms. The van der Waals surface area contributed by atoms with Crippen LogP contribution in [-0.4, -0.2) is 0 Å². The van der Waals surface area contributed by atoms with E-state index in [2.05, 4.69) is 66.0 Å². The van der Waals surface area contributed by atoms with Gasteiger partial charge in [-0.3, -0.25) is 0 Å². The van der Waals surface area contributed by atoms with Gasteiger partial charge in [-0.1, -0.05) is 38.1 Å². The number of rotatable bonds is 5. The first-order valence-electron chi connectivity index (χ1n) is 6.81. The number of benzene rings is 2. The van der Waals surface area contributed by atoms with E-state index in [0.717, 1.165) is 22.2 Å². The van der Waals surface area contributed by atoms with Gasteiger partial charge in [0, 0.05) is 15.8 Å². The van der Waals surface area contributed by atoms with Crippen molar-refractivity contribution in [3.05, 3.63) is 63.0 Å². The second-order valence-electron chi connectivity index (χ2n) is 5.39. The molecule has 0 saturated heterocycles. The van der Waals surface area contributed by atoms with E-state index >= 15 is 0 Å². The van der Waals surface area contributed by atoms with Crippen LogP contribution in [0.2, 0.25) is 0 Å². The van der Waals surface area contributed by atoms with Crippen molar-refractivity contribution in [2.45, 2.75) is 26.8 Å². The van der Waals surface area contributed by atoms with Crippen molar-refractivity contribution in [3.8, 4) is 0 Å². The van der Waals surface area contributed by atoms with Gasteiger partial charge in [-0.15, -0.1) is 0 Å². The van der Waals surface area contributed by atoms with Crippen molar-refractivity contribution >= 4 is 28.3 Å². The van der Waals surface area contributed by atoms with Gasteiger partial charge < -0.3 is 5.32 Å². The van der Waals surface area contributed by atoms with E-state index in [-0.39, 0.29) is 5.82 Å². The van der Waals surface area contributed by atoms with E-state index in [0.29, 0.717) is 5.92 Å². The Morgan fingerprint density at radius 3 is 2.30 bits per heavy atom. The topological polar surface area (TPSA) is 12.0 Å². The second-order valence-corrected chi connectivity index (χ2v) is 6.55. The van der Waals surface area contributed by atoms with Crippen LogP contribution in [0.1, 0.15) is 25.0 Å². The van der Waals surface area contributed by atoms with Crippen molar-refractivity contribution in [2.24, 2.45) is 5.92 Å². The predicted octanol–water partition coefficient (Wildman–Crippen LogP) is 5.24. The highest BCUT2D eigenvalue weighted by molar-refractivity contribution is 14.1. The molecule has 2 aromatic carbocycles. The average Bonchev–Trinajstić information content (AvgIpc) is 2.39. The van der Waals surface area contributed by atoms with Gasteiger partial charge in [0.25, 0.3) is 0 Å². The Labute approximate surface area is 133 Å². The molecule has 0 bridgehead atoms. The van der Waals surface area contributed by atoms with Crippen LogP contribution in [0.3, 0.4) is 0 Å². The minimum Gasteiger partial charge on any atom is -0.380 e. The van der Waals surface area contributed by atoms with Crippen LogP contribution in [0.4, 0.5) is 10.1 Å². The minimum absolute atomic E-state index is 0.196. The van der Waals surface area contributed by atoms with Crippen LogP contribution in [0, 0.1) is 15.3 Å². The van der Waals surface area contributed by atoms with Crippen molar-refractivity contribution in [1.29, 1.82) is 0 Å². The first-order valence-corrected chi connectivity index (χ1v) is 7.89. The average molecular weight is 383 g/mol. The van der Waals surface area contributed by atoms with Crippen LogP contribution < -0.4 is 5.32 Å². The second kappa shape index (κ2) is 7.07. The molecule has 0 spiro atoms. The van der Waals surface area contributed by atoms with Crippen LogP contribution in [-0.2, 0) is 13.0 Å². The summed E-state index contributed by atoms with van der Waals surface area (Å²) in [5, 5.41) is 3.34. The van der Waals surface area contributed by atoms with E-state index in [9.17, 15) is 4.39 Å². The van der Waals surface area contributed by atoms with Crippen molar-refractivity contribution < 1.29 is 4.39 Å². The largest absolute Gasteiger partial charge is 0.380 e. The normalized spacial score (nSPS) is 10.8. The molecule has 0 aliphatic rings. The highest BCUT2D eigenvalue weighted by Gasteiger charge is 2.02. The molecule has 0 unspecified atom stereocenters. The van der Waals surface area contributed by atoms with Crippen LogP contribution in [0.25, 0.3) is 0 Å². The Morgan fingerprint density at radius 2 is 1.70 bits per heavy atom. The summed E-state index contributed by atoms with van der Waals surface area (Å²) in [4.78, 5) is 0. The molecule has 1 nitrogen and oxygen atoms in total. The summed E-state index contributed by atoms with van der Waals surface area (Å²) in [6, 6.07) is 13.5. The number of hydrogen-bond acceptors (Lipinski definition) is 1. The molecule has 1 N–H and O–H groups in total. The number of halogens is 2. The summed E-state index contributed by atoms with van der Waals surface area (Å²) >= 11 is 2.14. The lowest BCUT2D eigenvalue weighted by Gasteiger charge is -2.10. The minimum atomic E-state index is -0.196. The lowest BCUT2D eigenvalue weighted by Crippen LogP contribution is -2.02. The smallest absolute Gasteiger partial charge is 0.124 e. The molecule has 106 valence electrons. The van der Waals surface area contributed by atoms with Crippen molar-refractivity contribution in [1.82, 2.24) is 0 Å². The maximum absolute atomic E-state index is 13.0. The summed E-state index contributed by atoms with van der Waals surface area (Å²) in [6.07, 6.45) is 1.11. The molecule has 2 aromatic rings. The molecule has 0 aliphatic carbocycles. The van der Waals surface area contributed by atoms with E-state index in [1.54, 1.807) is 6.07 Å². The zero-order chi connectivity index (χ0) is 14.5. The van der Waals surface area contributed by atoms with Gasteiger partial charge in [-0.05, 0) is 64.3 Å². The van der Waals surface area contributed by atoms with Crippen molar-refractivity contribution in [3.63, 3.8) is 0 Å². The molecule has 0 amide bonds. The molecule has 0 aromatic heterocycles. The Hall–Kier alpha value is -1.10. The third-order valence-corrected chi connectivity index (χ3v) is 3.97. The molecule has 0 aliphatic heterocycles. The lowest BCUT2D eigenvalue weighted by atomic mass is 10.0. The highest BCUT2D eigenvalue weighted by atomic mass is 127. The first kappa shape index (κ1) is 15.3. The van der Waals surface area contributed by atoms with Gasteiger partial charge in [0.05, 0.1) is 0 Å². The highest BCUT2D eigenvalue weighted by Crippen LogP contribution is 2.20. The Bertz CT molecular complexity index is 564. The van der Waals surface area contributed by atoms with Gasteiger partial charge in [-0.25, -0.2) is 4.39 Å². The number of hydrogen-bond donors (Lipinski definition) is 1. The van der Waals surface area contributed by atoms with Crippen LogP contribution >= 0.6 is 22.6 Å². The SMILES string of the molecule is CC(C)Cc1ccc(CNc2ccc(F)cc2I)cc1. The lowest BCUT2D eigenvalue weighted by molar-refractivity contribution is 0.627. The zero-order valence-corrected chi connectivity index (χ0v) is 13.9. The van der Waals surface area contributed by atoms with Crippen molar-refractivity contribution in [2.75, 3.05) is 5.32 Å². The summed E-state index contributed by atoms with van der Waals surface area (Å²) in [5.41, 5.74) is 3.58. The van der Waals surface area contributed by atoms with Gasteiger partial charge in [-0.2, -0.15) is 0 Å². The maximum atomic E-state index is 13.0. The maximum Gasteiger partial charge on any atom is 0.124 e. The summed E-state index contributed by atoms with van der Waals surface area (Å²) < 4.78 is 13.9. The van der Waals surface area contributed by atoms with Gasteiger partial charge in [0.15, 0.2) is 0 Å². The fourth-order valence-electron chi connectivity index (χ4n) is 2.09. The molecule has 0 saturated carbocycles. The summed E-state index contributed by atoms with van der Waals surface area (Å²) in [5.74, 6) is 0.484. The van der Waals surface area contributed by atoms with E-state index in [1.165, 1.54) is 23.3 Å². The molecule has 0 fully saturated rings. The molecule has 0 radical (unpaired) electrons. The van der Waals surface area contributed by atoms with E-state index < -0.39 is 0 Å². The quantitative estimate of drug-likeness (QED) is 0.697. The van der Waals surface area contributed by atoms with Gasteiger partial charge in [0.1, 0.15) is 5.82 Å². The van der Waals surface area contributed by atoms with Gasteiger partial charge >= 0.3 is 0 Å². The summed E-state index contributed by atoms with van der Waals surface area (Å²) in [6.45, 7) is 5.21. The van der Waals surface area contributed by atoms with Crippen LogP contribution in [0.5, 0.6) is 0 Å². The zero-order valence-electron chi connectivity index (χ0n) is 11.8. The molecular weight excluding hydrogens is 364 g/mol. The monoisotopic (exact) mass is 383 g/mol. The third-order valence-electron chi connectivity index (χ3n) is 3.08. The third kappa shape index (κ3) is 4.47. The number of nitrogens with one attached hydrogen (secondary N) is 1. The Kier molecular flexibility index (Phi) is 5.40. The van der Waals surface area contributed by atoms with E-state index in [4.69, 9.17) is 0 Å². The molecule has 20 heavy (non-hydrogen) atoms. The fourth-order valence-corrected chi connectivity index (χ4v) is 2.76. The first-order chi connectivity index (χ1) is 9.54. The molecule has 0 heterocycles. The van der Waals surface area contributed by atoms with E-state index in [1.807, 2.05) is 0 Å². The Balaban J connectivity index is 1.96. The molecule has 2 rings (SSSR count). The van der Waals surface area contributed by atoms with Crippen LogP contribution in [0.15, 0.2) is 42.5 Å². The predicted molar refractivity (Wildman–Crippen MR) is 91.4 cm³/mol. The summed E-state index contributed by atoms with van der Waals surface area (Å²) in [7, 11) is 0. The molecule has 0 atom stereocenters. The number of anilines is 1. The van der Waals surface area contributed by atoms with Gasteiger partial charge in [0.2, 0.25) is 0 Å². The standard InChI is InChI=1S/C17H19FIN/c1-12(2)9-13-3-5-14(6-4-13)11-20-17-8-7-15(18)10-16(17)19/h3-8,10,12,20H,9,11H2,1-2H3. The fraction of sp³-hybridized carbons (Fsp3) is 0.294.